The Labute approximate surface area is 172 Å². The van der Waals surface area contributed by atoms with Crippen molar-refractivity contribution in [1.82, 2.24) is 15.5 Å². The van der Waals surface area contributed by atoms with Gasteiger partial charge >= 0.3 is 0 Å². The van der Waals surface area contributed by atoms with Crippen LogP contribution in [0.15, 0.2) is 59.6 Å². The van der Waals surface area contributed by atoms with Crippen molar-refractivity contribution in [3.63, 3.8) is 0 Å². The second-order valence-corrected chi connectivity index (χ2v) is 7.34. The highest BCUT2D eigenvalue weighted by molar-refractivity contribution is 5.79. The molecule has 0 spiro atoms. The maximum Gasteiger partial charge on any atom is 0.191 e. The van der Waals surface area contributed by atoms with Gasteiger partial charge in [-0.05, 0) is 56.1 Å². The lowest BCUT2D eigenvalue weighted by Crippen LogP contribution is -2.40. The van der Waals surface area contributed by atoms with Crippen LogP contribution in [-0.2, 0) is 0 Å². The molecule has 2 aromatic rings. The van der Waals surface area contributed by atoms with E-state index in [1.807, 2.05) is 13.0 Å². The lowest BCUT2D eigenvalue weighted by molar-refractivity contribution is 0.180. The molecule has 3 N–H and O–H groups in total. The third-order valence-corrected chi connectivity index (χ3v) is 5.25. The van der Waals surface area contributed by atoms with Crippen LogP contribution in [0.3, 0.4) is 0 Å². The number of aliphatic hydroxyl groups excluding tert-OH is 1. The maximum absolute atomic E-state index is 13.1. The van der Waals surface area contributed by atoms with Crippen LogP contribution in [-0.4, -0.2) is 48.7 Å². The summed E-state index contributed by atoms with van der Waals surface area (Å²) in [4.78, 5) is 7.29. The molecule has 2 aromatic carbocycles. The molecule has 1 fully saturated rings. The summed E-state index contributed by atoms with van der Waals surface area (Å²) in [6.45, 7) is 5.90. The number of nitrogens with zero attached hydrogens (tertiary/aromatic N) is 2. The molecule has 2 unspecified atom stereocenters. The highest BCUT2D eigenvalue weighted by Gasteiger charge is 2.23. The van der Waals surface area contributed by atoms with Gasteiger partial charge < -0.3 is 15.7 Å². The summed E-state index contributed by atoms with van der Waals surface area (Å²) >= 11 is 0. The van der Waals surface area contributed by atoms with Gasteiger partial charge in [0.15, 0.2) is 5.96 Å². The van der Waals surface area contributed by atoms with Crippen LogP contribution < -0.4 is 10.6 Å². The van der Waals surface area contributed by atoms with Gasteiger partial charge in [0.25, 0.3) is 0 Å². The smallest absolute Gasteiger partial charge is 0.191 e. The molecule has 1 aliphatic rings. The van der Waals surface area contributed by atoms with Gasteiger partial charge in [0, 0.05) is 13.1 Å². The molecular weight excluding hydrogens is 367 g/mol. The van der Waals surface area contributed by atoms with Crippen LogP contribution in [0.4, 0.5) is 4.39 Å². The first kappa shape index (κ1) is 21.3. The predicted molar refractivity (Wildman–Crippen MR) is 115 cm³/mol. The average Bonchev–Trinajstić information content (AvgIpc) is 3.27. The fourth-order valence-electron chi connectivity index (χ4n) is 3.68. The Morgan fingerprint density at radius 2 is 1.72 bits per heavy atom. The fraction of sp³-hybridized carbons (Fsp3) is 0.435. The van der Waals surface area contributed by atoms with E-state index < -0.39 is 6.10 Å². The number of guanidine groups is 1. The van der Waals surface area contributed by atoms with Gasteiger partial charge in [-0.15, -0.1) is 0 Å². The molecule has 0 aliphatic carbocycles. The lowest BCUT2D eigenvalue weighted by atomic mass is 10.1. The Bertz CT molecular complexity index is 760. The summed E-state index contributed by atoms with van der Waals surface area (Å²) in [6, 6.07) is 16.7. The Kier molecular flexibility index (Phi) is 8.02. The summed E-state index contributed by atoms with van der Waals surface area (Å²) in [5.74, 6) is 0.367. The van der Waals surface area contributed by atoms with Gasteiger partial charge in [0.1, 0.15) is 5.82 Å². The zero-order valence-corrected chi connectivity index (χ0v) is 17.0. The number of likely N-dealkylation sites (tertiary alicyclic amines) is 1. The van der Waals surface area contributed by atoms with E-state index in [1.54, 1.807) is 12.1 Å². The molecule has 1 saturated heterocycles. The van der Waals surface area contributed by atoms with Gasteiger partial charge in [-0.1, -0.05) is 42.5 Å². The highest BCUT2D eigenvalue weighted by Crippen LogP contribution is 2.25. The quantitative estimate of drug-likeness (QED) is 0.472. The summed E-state index contributed by atoms with van der Waals surface area (Å²) in [6.07, 6.45) is 1.73. The standard InChI is InChI=1S/C23H31FN4O/c1-2-25-23(27-17-22(29)19-10-12-20(24)13-11-19)26-16-21(28-14-6-7-15-28)18-8-4-3-5-9-18/h3-5,8-13,21-22,29H,2,6-7,14-17H2,1H3,(H2,25,26,27). The Hall–Kier alpha value is -2.44. The molecule has 156 valence electrons. The predicted octanol–water partition coefficient (Wildman–Crippen LogP) is 3.25. The van der Waals surface area contributed by atoms with Crippen LogP contribution in [0.25, 0.3) is 0 Å². The molecule has 0 bridgehead atoms. The largest absolute Gasteiger partial charge is 0.387 e. The molecule has 2 atom stereocenters. The van der Waals surface area contributed by atoms with Crippen molar-refractivity contribution in [3.8, 4) is 0 Å². The second-order valence-electron chi connectivity index (χ2n) is 7.34. The van der Waals surface area contributed by atoms with Gasteiger partial charge in [-0.25, -0.2) is 4.39 Å². The lowest BCUT2D eigenvalue weighted by Gasteiger charge is -2.27. The zero-order chi connectivity index (χ0) is 20.5. The van der Waals surface area contributed by atoms with E-state index in [0.717, 1.165) is 19.6 Å². The van der Waals surface area contributed by atoms with E-state index in [9.17, 15) is 9.50 Å². The SMILES string of the molecule is CCNC(=NCC(c1ccccc1)N1CCCC1)NCC(O)c1ccc(F)cc1. The van der Waals surface area contributed by atoms with E-state index in [4.69, 9.17) is 4.99 Å². The summed E-state index contributed by atoms with van der Waals surface area (Å²) in [7, 11) is 0. The van der Waals surface area contributed by atoms with E-state index in [1.165, 1.54) is 30.5 Å². The van der Waals surface area contributed by atoms with Crippen molar-refractivity contribution in [2.24, 2.45) is 4.99 Å². The van der Waals surface area contributed by atoms with Crippen LogP contribution in [0, 0.1) is 5.82 Å². The number of aliphatic hydroxyl groups is 1. The summed E-state index contributed by atoms with van der Waals surface area (Å²) < 4.78 is 13.1. The molecule has 1 aliphatic heterocycles. The van der Waals surface area contributed by atoms with Crippen molar-refractivity contribution in [2.75, 3.05) is 32.7 Å². The van der Waals surface area contributed by atoms with E-state index in [2.05, 4.69) is 39.8 Å². The molecule has 0 radical (unpaired) electrons. The second kappa shape index (κ2) is 10.9. The van der Waals surface area contributed by atoms with Crippen LogP contribution >= 0.6 is 0 Å². The zero-order valence-electron chi connectivity index (χ0n) is 17.0. The number of hydrogen-bond acceptors (Lipinski definition) is 3. The maximum atomic E-state index is 13.1. The van der Waals surface area contributed by atoms with E-state index in [0.29, 0.717) is 24.6 Å². The molecule has 0 aromatic heterocycles. The van der Waals surface area contributed by atoms with Crippen molar-refractivity contribution in [2.45, 2.75) is 31.9 Å². The first-order chi connectivity index (χ1) is 14.2. The first-order valence-corrected chi connectivity index (χ1v) is 10.4. The molecular formula is C23H31FN4O. The fourth-order valence-corrected chi connectivity index (χ4v) is 3.68. The molecule has 1 heterocycles. The number of rotatable bonds is 8. The molecule has 0 amide bonds. The van der Waals surface area contributed by atoms with Crippen LogP contribution in [0.5, 0.6) is 0 Å². The number of benzene rings is 2. The van der Waals surface area contributed by atoms with Crippen molar-refractivity contribution < 1.29 is 9.50 Å². The minimum absolute atomic E-state index is 0.246. The third-order valence-electron chi connectivity index (χ3n) is 5.25. The van der Waals surface area contributed by atoms with Gasteiger partial charge in [0.2, 0.25) is 0 Å². The van der Waals surface area contributed by atoms with E-state index in [-0.39, 0.29) is 11.9 Å². The van der Waals surface area contributed by atoms with Crippen LogP contribution in [0.2, 0.25) is 0 Å². The first-order valence-electron chi connectivity index (χ1n) is 10.4. The molecule has 29 heavy (non-hydrogen) atoms. The Morgan fingerprint density at radius 3 is 2.38 bits per heavy atom. The van der Waals surface area contributed by atoms with E-state index >= 15 is 0 Å². The number of halogens is 1. The minimum atomic E-state index is -0.733. The number of hydrogen-bond donors (Lipinski definition) is 3. The topological polar surface area (TPSA) is 59.9 Å². The number of nitrogens with one attached hydrogen (secondary N) is 2. The van der Waals surface area contributed by atoms with Crippen molar-refractivity contribution in [1.29, 1.82) is 0 Å². The molecule has 5 nitrogen and oxygen atoms in total. The highest BCUT2D eigenvalue weighted by atomic mass is 19.1. The number of aliphatic imine (C=N–C) groups is 1. The van der Waals surface area contributed by atoms with Gasteiger partial charge in [-0.3, -0.25) is 9.89 Å². The van der Waals surface area contributed by atoms with Gasteiger partial charge in [-0.2, -0.15) is 0 Å². The average molecular weight is 399 g/mol. The Balaban J connectivity index is 1.65. The monoisotopic (exact) mass is 398 g/mol. The normalized spacial score (nSPS) is 17.1. The molecule has 3 rings (SSSR count). The summed E-state index contributed by atoms with van der Waals surface area (Å²) in [5, 5.41) is 16.8. The van der Waals surface area contributed by atoms with Gasteiger partial charge in [0.05, 0.1) is 18.7 Å². The molecule has 0 saturated carbocycles. The van der Waals surface area contributed by atoms with Crippen molar-refractivity contribution >= 4 is 5.96 Å². The van der Waals surface area contributed by atoms with Crippen LogP contribution in [0.1, 0.15) is 43.0 Å². The molecule has 6 heteroatoms. The Morgan fingerprint density at radius 1 is 1.03 bits per heavy atom. The minimum Gasteiger partial charge on any atom is -0.387 e. The third kappa shape index (κ3) is 6.27. The van der Waals surface area contributed by atoms with Crippen molar-refractivity contribution in [3.05, 3.63) is 71.5 Å². The summed E-state index contributed by atoms with van der Waals surface area (Å²) in [5.41, 5.74) is 1.95.